The Kier molecular flexibility index (Phi) is 11.8. The highest BCUT2D eigenvalue weighted by atomic mass is 33.5. The van der Waals surface area contributed by atoms with Gasteiger partial charge in [-0.1, -0.05) is 61.1 Å². The molecule has 0 aliphatic heterocycles. The summed E-state index contributed by atoms with van der Waals surface area (Å²) >= 11 is 0. The number of carbonyl (C=O) groups is 2. The van der Waals surface area contributed by atoms with E-state index < -0.39 is 22.4 Å². The molecular weight excluding hydrogens is 304 g/mol. The van der Waals surface area contributed by atoms with E-state index >= 15 is 0 Å². The van der Waals surface area contributed by atoms with Crippen molar-refractivity contribution in [2.45, 2.75) is 62.9 Å². The SMILES string of the molecule is CCCCC(SSSC(CCCC)C(=O)O)C(=O)O. The number of carboxylic acid groups (broad SMARTS) is 2. The van der Waals surface area contributed by atoms with Crippen LogP contribution in [0.2, 0.25) is 0 Å². The fourth-order valence-electron chi connectivity index (χ4n) is 1.32. The van der Waals surface area contributed by atoms with Crippen molar-refractivity contribution in [3.05, 3.63) is 0 Å². The highest BCUT2D eigenvalue weighted by Crippen LogP contribution is 2.43. The van der Waals surface area contributed by atoms with Gasteiger partial charge >= 0.3 is 11.9 Å². The molecule has 0 amide bonds. The van der Waals surface area contributed by atoms with Crippen molar-refractivity contribution in [3.63, 3.8) is 0 Å². The monoisotopic (exact) mass is 326 g/mol. The predicted molar refractivity (Wildman–Crippen MR) is 84.7 cm³/mol. The zero-order chi connectivity index (χ0) is 14.7. The Morgan fingerprint density at radius 1 is 0.895 bits per heavy atom. The van der Waals surface area contributed by atoms with E-state index in [0.717, 1.165) is 25.7 Å². The van der Waals surface area contributed by atoms with Crippen LogP contribution >= 0.6 is 31.4 Å². The van der Waals surface area contributed by atoms with Crippen molar-refractivity contribution in [1.29, 1.82) is 0 Å². The third kappa shape index (κ3) is 9.51. The van der Waals surface area contributed by atoms with E-state index in [0.29, 0.717) is 12.8 Å². The minimum atomic E-state index is -0.813. The van der Waals surface area contributed by atoms with Gasteiger partial charge in [0.05, 0.1) is 0 Å². The molecule has 0 bridgehead atoms. The number of carboxylic acids is 2. The lowest BCUT2D eigenvalue weighted by Crippen LogP contribution is -2.16. The van der Waals surface area contributed by atoms with Gasteiger partial charge in [0.1, 0.15) is 10.5 Å². The van der Waals surface area contributed by atoms with Crippen LogP contribution in [0.4, 0.5) is 0 Å². The summed E-state index contributed by atoms with van der Waals surface area (Å²) in [4.78, 5) is 22.1. The quantitative estimate of drug-likeness (QED) is 0.518. The number of hydrogen-bond acceptors (Lipinski definition) is 5. The average Bonchev–Trinajstić information content (AvgIpc) is 2.36. The highest BCUT2D eigenvalue weighted by Gasteiger charge is 2.22. The van der Waals surface area contributed by atoms with E-state index in [-0.39, 0.29) is 0 Å². The summed E-state index contributed by atoms with van der Waals surface area (Å²) in [6.07, 6.45) is 4.97. The number of rotatable bonds is 12. The first kappa shape index (κ1) is 19.0. The third-order valence-corrected chi connectivity index (χ3v) is 7.28. The maximum atomic E-state index is 11.0. The van der Waals surface area contributed by atoms with E-state index in [1.165, 1.54) is 31.4 Å². The molecule has 2 atom stereocenters. The summed E-state index contributed by atoms with van der Waals surface area (Å²) in [6.45, 7) is 4.05. The molecule has 0 rings (SSSR count). The normalized spacial score (nSPS) is 14.0. The molecule has 19 heavy (non-hydrogen) atoms. The van der Waals surface area contributed by atoms with Gasteiger partial charge in [0, 0.05) is 0 Å². The molecule has 0 aromatic heterocycles. The van der Waals surface area contributed by atoms with E-state index in [2.05, 4.69) is 0 Å². The lowest BCUT2D eigenvalue weighted by Gasteiger charge is -2.13. The molecule has 0 spiro atoms. The van der Waals surface area contributed by atoms with Gasteiger partial charge in [-0.25, -0.2) is 0 Å². The van der Waals surface area contributed by atoms with Crippen LogP contribution < -0.4 is 0 Å². The zero-order valence-corrected chi connectivity index (χ0v) is 13.8. The second-order valence-corrected chi connectivity index (χ2v) is 8.65. The number of hydrogen-bond donors (Lipinski definition) is 2. The second-order valence-electron chi connectivity index (χ2n) is 4.20. The predicted octanol–water partition coefficient (Wildman–Crippen LogP) is 4.30. The van der Waals surface area contributed by atoms with Gasteiger partial charge in [-0.3, -0.25) is 9.59 Å². The van der Waals surface area contributed by atoms with Gasteiger partial charge in [0.2, 0.25) is 0 Å². The third-order valence-electron chi connectivity index (χ3n) is 2.50. The minimum absolute atomic E-state index is 0.446. The van der Waals surface area contributed by atoms with Gasteiger partial charge in [-0.15, -0.1) is 0 Å². The first-order chi connectivity index (χ1) is 9.02. The molecule has 0 radical (unpaired) electrons. The molecule has 0 aliphatic rings. The van der Waals surface area contributed by atoms with Crippen LogP contribution in [-0.2, 0) is 9.59 Å². The van der Waals surface area contributed by atoms with Crippen LogP contribution in [0.25, 0.3) is 0 Å². The summed E-state index contributed by atoms with van der Waals surface area (Å²) in [5.41, 5.74) is 0. The molecule has 0 aromatic carbocycles. The molecular formula is C12H22O4S3. The molecule has 0 heterocycles. The first-order valence-electron chi connectivity index (χ1n) is 6.47. The van der Waals surface area contributed by atoms with Crippen LogP contribution in [0.15, 0.2) is 0 Å². The summed E-state index contributed by atoms with van der Waals surface area (Å²) in [6, 6.07) is 0. The molecule has 4 nitrogen and oxygen atoms in total. The maximum Gasteiger partial charge on any atom is 0.317 e. The molecule has 0 aromatic rings. The lowest BCUT2D eigenvalue weighted by atomic mass is 10.2. The van der Waals surface area contributed by atoms with Crippen molar-refractivity contribution in [2.75, 3.05) is 0 Å². The molecule has 0 fully saturated rings. The number of aliphatic carboxylic acids is 2. The van der Waals surface area contributed by atoms with Crippen LogP contribution in [0, 0.1) is 0 Å². The first-order valence-corrected chi connectivity index (χ1v) is 10.1. The highest BCUT2D eigenvalue weighted by molar-refractivity contribution is 9.09. The van der Waals surface area contributed by atoms with Crippen LogP contribution in [-0.4, -0.2) is 32.7 Å². The molecule has 112 valence electrons. The van der Waals surface area contributed by atoms with E-state index in [9.17, 15) is 9.59 Å². The lowest BCUT2D eigenvalue weighted by molar-refractivity contribution is -0.137. The Labute approximate surface area is 126 Å². The fraction of sp³-hybridized carbons (Fsp3) is 0.833. The summed E-state index contributed by atoms with van der Waals surface area (Å²) < 4.78 is 0. The molecule has 2 unspecified atom stereocenters. The molecule has 0 saturated heterocycles. The van der Waals surface area contributed by atoms with Gasteiger partial charge < -0.3 is 10.2 Å². The smallest absolute Gasteiger partial charge is 0.317 e. The molecule has 0 saturated carbocycles. The Hall–Kier alpha value is -0.0100. The number of unbranched alkanes of at least 4 members (excludes halogenated alkanes) is 2. The van der Waals surface area contributed by atoms with Gasteiger partial charge in [-0.2, -0.15) is 0 Å². The van der Waals surface area contributed by atoms with Crippen LogP contribution in [0.5, 0.6) is 0 Å². The van der Waals surface area contributed by atoms with E-state index in [1.54, 1.807) is 0 Å². The Morgan fingerprint density at radius 3 is 1.53 bits per heavy atom. The average molecular weight is 327 g/mol. The standard InChI is InChI=1S/C12H22O4S3/c1-3-5-7-9(11(13)14)17-19-18-10(12(15)16)8-6-4-2/h9-10H,3-8H2,1-2H3,(H,13,14)(H,15,16). The van der Waals surface area contributed by atoms with Crippen LogP contribution in [0.1, 0.15) is 52.4 Å². The van der Waals surface area contributed by atoms with Gasteiger partial charge in [0.15, 0.2) is 0 Å². The van der Waals surface area contributed by atoms with Crippen molar-refractivity contribution in [1.82, 2.24) is 0 Å². The fourth-order valence-corrected chi connectivity index (χ4v) is 6.14. The second kappa shape index (κ2) is 11.8. The van der Waals surface area contributed by atoms with Gasteiger partial charge in [-0.05, 0) is 22.7 Å². The van der Waals surface area contributed by atoms with Crippen molar-refractivity contribution in [2.24, 2.45) is 0 Å². The van der Waals surface area contributed by atoms with Crippen molar-refractivity contribution >= 4 is 43.4 Å². The van der Waals surface area contributed by atoms with Gasteiger partial charge in [0.25, 0.3) is 0 Å². The Bertz CT molecular complexity index is 248. The van der Waals surface area contributed by atoms with Crippen LogP contribution in [0.3, 0.4) is 0 Å². The molecule has 2 N–H and O–H groups in total. The van der Waals surface area contributed by atoms with Crippen molar-refractivity contribution in [3.8, 4) is 0 Å². The Morgan fingerprint density at radius 2 is 1.26 bits per heavy atom. The molecule has 7 heteroatoms. The topological polar surface area (TPSA) is 74.6 Å². The summed E-state index contributed by atoms with van der Waals surface area (Å²) in [5, 5.41) is 17.2. The zero-order valence-electron chi connectivity index (χ0n) is 11.3. The largest absolute Gasteiger partial charge is 0.480 e. The minimum Gasteiger partial charge on any atom is -0.480 e. The van der Waals surface area contributed by atoms with E-state index in [4.69, 9.17) is 10.2 Å². The molecule has 0 aliphatic carbocycles. The van der Waals surface area contributed by atoms with E-state index in [1.807, 2.05) is 13.8 Å². The maximum absolute atomic E-state index is 11.0. The summed E-state index contributed by atoms with van der Waals surface area (Å²) in [7, 11) is 3.83. The summed E-state index contributed by atoms with van der Waals surface area (Å²) in [5.74, 6) is -1.63. The Balaban J connectivity index is 4.05. The van der Waals surface area contributed by atoms with Crippen molar-refractivity contribution < 1.29 is 19.8 Å².